The second-order valence-corrected chi connectivity index (χ2v) is 4.35. The number of nitrogens with zero attached hydrogens (tertiary/aromatic N) is 1. The number of hydrogen-bond acceptors (Lipinski definition) is 4. The van der Waals surface area contributed by atoms with Gasteiger partial charge in [-0.2, -0.15) is 12.6 Å². The van der Waals surface area contributed by atoms with Gasteiger partial charge in [-0.1, -0.05) is 6.92 Å². The Balaban J connectivity index is 3.75. The molecule has 0 aromatic heterocycles. The first-order valence-corrected chi connectivity index (χ1v) is 6.86. The molecule has 0 saturated carbocycles. The van der Waals surface area contributed by atoms with E-state index in [2.05, 4.69) is 24.5 Å². The maximum atomic E-state index is 5.38. The predicted molar refractivity (Wildman–Crippen MR) is 72.4 cm³/mol. The Bertz CT molecular complexity index is 137. The summed E-state index contributed by atoms with van der Waals surface area (Å²) in [6, 6.07) is 0. The van der Waals surface area contributed by atoms with Gasteiger partial charge in [-0.05, 0) is 25.5 Å². The van der Waals surface area contributed by atoms with Crippen LogP contribution in [-0.2, 0) is 9.47 Å². The van der Waals surface area contributed by atoms with Crippen molar-refractivity contribution in [2.45, 2.75) is 20.8 Å². The topological polar surface area (TPSA) is 21.7 Å². The molecule has 4 heteroatoms. The average Bonchev–Trinajstić information content (AvgIpc) is 2.29. The summed E-state index contributed by atoms with van der Waals surface area (Å²) in [4.78, 5) is 2.40. The van der Waals surface area contributed by atoms with Crippen LogP contribution in [0.5, 0.6) is 0 Å². The summed E-state index contributed by atoms with van der Waals surface area (Å²) in [7, 11) is 0. The summed E-state index contributed by atoms with van der Waals surface area (Å²) in [6.07, 6.45) is 0. The summed E-state index contributed by atoms with van der Waals surface area (Å²) in [6.45, 7) is 12.5. The summed E-state index contributed by atoms with van der Waals surface area (Å²) in [5, 5.41) is 0. The zero-order valence-electron chi connectivity index (χ0n) is 10.9. The second kappa shape index (κ2) is 11.7. The maximum Gasteiger partial charge on any atom is 0.0593 e. The minimum Gasteiger partial charge on any atom is -0.380 e. The molecule has 0 rings (SSSR count). The molecular formula is C12H27NO2S. The first-order valence-electron chi connectivity index (χ1n) is 6.23. The fourth-order valence-corrected chi connectivity index (χ4v) is 1.58. The molecule has 0 aromatic carbocycles. The van der Waals surface area contributed by atoms with Crippen LogP contribution in [0.3, 0.4) is 0 Å². The van der Waals surface area contributed by atoms with Crippen LogP contribution in [0.1, 0.15) is 20.8 Å². The smallest absolute Gasteiger partial charge is 0.0593 e. The second-order valence-electron chi connectivity index (χ2n) is 3.98. The minimum absolute atomic E-state index is 0.617. The lowest BCUT2D eigenvalue weighted by Gasteiger charge is -2.24. The molecule has 98 valence electrons. The van der Waals surface area contributed by atoms with Gasteiger partial charge in [0.15, 0.2) is 0 Å². The molecule has 16 heavy (non-hydrogen) atoms. The normalized spacial score (nSPS) is 13.3. The van der Waals surface area contributed by atoms with Gasteiger partial charge in [0.25, 0.3) is 0 Å². The SMILES string of the molecule is CCOCCN(CCOCC)CC(C)CS. The quantitative estimate of drug-likeness (QED) is 0.447. The van der Waals surface area contributed by atoms with E-state index in [0.29, 0.717) is 5.92 Å². The molecule has 0 bridgehead atoms. The van der Waals surface area contributed by atoms with Crippen LogP contribution in [0.4, 0.5) is 0 Å². The fraction of sp³-hybridized carbons (Fsp3) is 1.00. The molecule has 0 spiro atoms. The Kier molecular flexibility index (Phi) is 11.9. The van der Waals surface area contributed by atoms with E-state index in [1.165, 1.54) is 0 Å². The van der Waals surface area contributed by atoms with E-state index in [0.717, 1.165) is 51.8 Å². The van der Waals surface area contributed by atoms with Gasteiger partial charge in [0.05, 0.1) is 13.2 Å². The van der Waals surface area contributed by atoms with Gasteiger partial charge in [0.1, 0.15) is 0 Å². The lowest BCUT2D eigenvalue weighted by atomic mass is 10.2. The van der Waals surface area contributed by atoms with Crippen LogP contribution in [0.15, 0.2) is 0 Å². The van der Waals surface area contributed by atoms with E-state index in [1.807, 2.05) is 13.8 Å². The van der Waals surface area contributed by atoms with Gasteiger partial charge in [-0.3, -0.25) is 4.90 Å². The molecule has 3 nitrogen and oxygen atoms in total. The largest absolute Gasteiger partial charge is 0.380 e. The molecule has 0 aliphatic rings. The number of ether oxygens (including phenoxy) is 2. The van der Waals surface area contributed by atoms with Gasteiger partial charge >= 0.3 is 0 Å². The molecule has 0 aliphatic carbocycles. The first-order chi connectivity index (χ1) is 7.74. The molecule has 0 radical (unpaired) electrons. The summed E-state index contributed by atoms with van der Waals surface area (Å²) >= 11 is 4.32. The Morgan fingerprint density at radius 1 is 1.06 bits per heavy atom. The summed E-state index contributed by atoms with van der Waals surface area (Å²) in [5.41, 5.74) is 0. The van der Waals surface area contributed by atoms with Crippen LogP contribution in [0.25, 0.3) is 0 Å². The third kappa shape index (κ3) is 9.46. The van der Waals surface area contributed by atoms with Gasteiger partial charge in [-0.15, -0.1) is 0 Å². The van der Waals surface area contributed by atoms with Crippen molar-refractivity contribution in [2.75, 3.05) is 51.8 Å². The molecule has 0 amide bonds. The molecule has 0 N–H and O–H groups in total. The third-order valence-corrected chi connectivity index (χ3v) is 3.02. The zero-order chi connectivity index (χ0) is 12.2. The van der Waals surface area contributed by atoms with E-state index in [9.17, 15) is 0 Å². The van der Waals surface area contributed by atoms with E-state index in [-0.39, 0.29) is 0 Å². The number of hydrogen-bond donors (Lipinski definition) is 1. The lowest BCUT2D eigenvalue weighted by molar-refractivity contribution is 0.0782. The van der Waals surface area contributed by atoms with Crippen LogP contribution >= 0.6 is 12.6 Å². The van der Waals surface area contributed by atoms with Gasteiger partial charge in [-0.25, -0.2) is 0 Å². The monoisotopic (exact) mass is 249 g/mol. The van der Waals surface area contributed by atoms with Crippen molar-refractivity contribution in [3.05, 3.63) is 0 Å². The van der Waals surface area contributed by atoms with Crippen LogP contribution in [0, 0.1) is 5.92 Å². The van der Waals surface area contributed by atoms with Gasteiger partial charge in [0.2, 0.25) is 0 Å². The van der Waals surface area contributed by atoms with Gasteiger partial charge < -0.3 is 9.47 Å². The number of rotatable bonds is 11. The fourth-order valence-electron chi connectivity index (χ4n) is 1.47. The third-order valence-electron chi connectivity index (χ3n) is 2.39. The van der Waals surface area contributed by atoms with Crippen LogP contribution < -0.4 is 0 Å². The van der Waals surface area contributed by atoms with Crippen molar-refractivity contribution >= 4 is 12.6 Å². The van der Waals surface area contributed by atoms with Crippen LogP contribution in [0.2, 0.25) is 0 Å². The highest BCUT2D eigenvalue weighted by molar-refractivity contribution is 7.80. The first kappa shape index (κ1) is 16.2. The summed E-state index contributed by atoms with van der Waals surface area (Å²) < 4.78 is 10.8. The van der Waals surface area contributed by atoms with E-state index < -0.39 is 0 Å². The molecule has 1 atom stereocenters. The standard InChI is InChI=1S/C12H27NO2S/c1-4-14-8-6-13(7-9-15-5-2)10-12(3)11-16/h12,16H,4-11H2,1-3H3. The van der Waals surface area contributed by atoms with E-state index in [1.54, 1.807) is 0 Å². The van der Waals surface area contributed by atoms with Crippen molar-refractivity contribution in [1.29, 1.82) is 0 Å². The van der Waals surface area contributed by atoms with Gasteiger partial charge in [0, 0.05) is 32.8 Å². The lowest BCUT2D eigenvalue weighted by Crippen LogP contribution is -2.35. The Morgan fingerprint density at radius 3 is 1.94 bits per heavy atom. The Morgan fingerprint density at radius 2 is 1.56 bits per heavy atom. The Hall–Kier alpha value is 0.230. The zero-order valence-corrected chi connectivity index (χ0v) is 11.8. The van der Waals surface area contributed by atoms with E-state index >= 15 is 0 Å². The Labute approximate surface area is 106 Å². The highest BCUT2D eigenvalue weighted by Crippen LogP contribution is 2.02. The molecular weight excluding hydrogens is 222 g/mol. The summed E-state index contributed by atoms with van der Waals surface area (Å²) in [5.74, 6) is 1.55. The van der Waals surface area contributed by atoms with Crippen molar-refractivity contribution < 1.29 is 9.47 Å². The minimum atomic E-state index is 0.617. The van der Waals surface area contributed by atoms with E-state index in [4.69, 9.17) is 9.47 Å². The van der Waals surface area contributed by atoms with Crippen molar-refractivity contribution in [2.24, 2.45) is 5.92 Å². The van der Waals surface area contributed by atoms with Crippen molar-refractivity contribution in [1.82, 2.24) is 4.90 Å². The molecule has 1 unspecified atom stereocenters. The average molecular weight is 249 g/mol. The van der Waals surface area contributed by atoms with Crippen molar-refractivity contribution in [3.8, 4) is 0 Å². The number of thiol groups is 1. The highest BCUT2D eigenvalue weighted by Gasteiger charge is 2.08. The highest BCUT2D eigenvalue weighted by atomic mass is 32.1. The maximum absolute atomic E-state index is 5.38. The molecule has 0 heterocycles. The molecule has 0 fully saturated rings. The molecule has 0 saturated heterocycles. The van der Waals surface area contributed by atoms with Crippen LogP contribution in [-0.4, -0.2) is 56.7 Å². The predicted octanol–water partition coefficient (Wildman–Crippen LogP) is 1.93. The van der Waals surface area contributed by atoms with Crippen molar-refractivity contribution in [3.63, 3.8) is 0 Å². The molecule has 0 aliphatic heterocycles. The molecule has 0 aromatic rings.